The molecule has 2 aliphatic rings. The van der Waals surface area contributed by atoms with Crippen molar-refractivity contribution in [1.29, 1.82) is 0 Å². The van der Waals surface area contributed by atoms with E-state index < -0.39 is 0 Å². The molecule has 2 atom stereocenters. The van der Waals surface area contributed by atoms with Gasteiger partial charge in [0.05, 0.1) is 0 Å². The second-order valence-electron chi connectivity index (χ2n) is 4.81. The van der Waals surface area contributed by atoms with Crippen molar-refractivity contribution in [1.82, 2.24) is 14.5 Å². The number of imidazole rings is 1. The summed E-state index contributed by atoms with van der Waals surface area (Å²) < 4.78 is 3.15. The van der Waals surface area contributed by atoms with E-state index in [1.165, 1.54) is 18.5 Å². The first-order chi connectivity index (χ1) is 7.65. The average Bonchev–Trinajstić information content (AvgIpc) is 2.65. The Kier molecular flexibility index (Phi) is 2.44. The highest BCUT2D eigenvalue weighted by molar-refractivity contribution is 9.10. The molecule has 0 radical (unpaired) electrons. The van der Waals surface area contributed by atoms with Crippen LogP contribution in [0.5, 0.6) is 0 Å². The molecule has 86 valence electrons. The van der Waals surface area contributed by atoms with E-state index in [9.17, 15) is 0 Å². The van der Waals surface area contributed by atoms with E-state index in [1.54, 1.807) is 0 Å². The molecule has 0 amide bonds. The molecule has 4 heteroatoms. The van der Waals surface area contributed by atoms with Gasteiger partial charge in [-0.3, -0.25) is 4.90 Å². The van der Waals surface area contributed by atoms with Crippen LogP contribution in [-0.2, 0) is 0 Å². The third-order valence-electron chi connectivity index (χ3n) is 3.89. The molecule has 1 aromatic rings. The van der Waals surface area contributed by atoms with E-state index in [2.05, 4.69) is 56.6 Å². The third kappa shape index (κ3) is 1.55. The summed E-state index contributed by atoms with van der Waals surface area (Å²) in [5, 5.41) is 0. The molecule has 1 fully saturated rings. The van der Waals surface area contributed by atoms with Gasteiger partial charge in [0.15, 0.2) is 0 Å². The molecule has 0 aromatic carbocycles. The number of aryl methyl sites for hydroxylation is 1. The number of rotatable bonds is 1. The van der Waals surface area contributed by atoms with Crippen molar-refractivity contribution in [3.05, 3.63) is 22.7 Å². The van der Waals surface area contributed by atoms with E-state index in [4.69, 9.17) is 0 Å². The Morgan fingerprint density at radius 1 is 1.44 bits per heavy atom. The van der Waals surface area contributed by atoms with E-state index >= 15 is 0 Å². The van der Waals surface area contributed by atoms with Gasteiger partial charge in [0.2, 0.25) is 0 Å². The van der Waals surface area contributed by atoms with Gasteiger partial charge in [-0.25, -0.2) is 4.98 Å². The largest absolute Gasteiger partial charge is 0.307 e. The Bertz CT molecular complexity index is 449. The lowest BCUT2D eigenvalue weighted by Gasteiger charge is -2.30. The van der Waals surface area contributed by atoms with Crippen LogP contribution < -0.4 is 0 Å². The second-order valence-corrected chi connectivity index (χ2v) is 5.62. The van der Waals surface area contributed by atoms with Crippen molar-refractivity contribution in [3.63, 3.8) is 0 Å². The van der Waals surface area contributed by atoms with E-state index in [-0.39, 0.29) is 0 Å². The van der Waals surface area contributed by atoms with Crippen molar-refractivity contribution in [2.75, 3.05) is 7.05 Å². The highest BCUT2D eigenvalue weighted by atomic mass is 79.9. The van der Waals surface area contributed by atoms with E-state index in [0.29, 0.717) is 6.04 Å². The Labute approximate surface area is 104 Å². The average molecular weight is 282 g/mol. The minimum absolute atomic E-state index is 0.634. The number of hydrogen-bond donors (Lipinski definition) is 0. The maximum absolute atomic E-state index is 4.40. The maximum atomic E-state index is 4.40. The quantitative estimate of drug-likeness (QED) is 0.789. The van der Waals surface area contributed by atoms with Gasteiger partial charge in [-0.15, -0.1) is 0 Å². The summed E-state index contributed by atoms with van der Waals surface area (Å²) in [5.41, 5.74) is 1.42. The Morgan fingerprint density at radius 2 is 2.25 bits per heavy atom. The Hall–Kier alpha value is -0.610. The summed E-state index contributed by atoms with van der Waals surface area (Å²) in [6.45, 7) is 2.06. The lowest BCUT2D eigenvalue weighted by atomic mass is 10.1. The molecule has 0 saturated carbocycles. The first-order valence-electron chi connectivity index (χ1n) is 5.79. The Balaban J connectivity index is 1.97. The number of likely N-dealkylation sites (N-methyl/N-ethyl adjacent to an activating group) is 1. The van der Waals surface area contributed by atoms with Crippen molar-refractivity contribution >= 4 is 21.6 Å². The van der Waals surface area contributed by atoms with E-state index in [1.807, 2.05) is 0 Å². The van der Waals surface area contributed by atoms with Crippen molar-refractivity contribution in [2.45, 2.75) is 38.3 Å². The van der Waals surface area contributed by atoms with Crippen LogP contribution in [0.3, 0.4) is 0 Å². The molecular formula is C12H16BrN3. The summed E-state index contributed by atoms with van der Waals surface area (Å²) in [6, 6.07) is 1.36. The molecule has 1 saturated heterocycles. The van der Waals surface area contributed by atoms with Crippen molar-refractivity contribution < 1.29 is 0 Å². The molecule has 2 unspecified atom stereocenters. The van der Waals surface area contributed by atoms with Gasteiger partial charge in [-0.2, -0.15) is 0 Å². The normalized spacial score (nSPS) is 29.6. The SMILES string of the molecule is Cc1nc(Br)cn1C1=CC2CCC(C1)N2C. The van der Waals surface area contributed by atoms with Crippen LogP contribution in [0.15, 0.2) is 16.9 Å². The zero-order valence-electron chi connectivity index (χ0n) is 9.65. The molecule has 0 N–H and O–H groups in total. The number of nitrogens with zero attached hydrogens (tertiary/aromatic N) is 3. The zero-order valence-corrected chi connectivity index (χ0v) is 11.2. The topological polar surface area (TPSA) is 21.1 Å². The molecule has 0 aliphatic carbocycles. The van der Waals surface area contributed by atoms with Gasteiger partial charge in [-0.1, -0.05) is 0 Å². The molecule has 2 aliphatic heterocycles. The van der Waals surface area contributed by atoms with Crippen LogP contribution in [-0.4, -0.2) is 33.6 Å². The monoisotopic (exact) mass is 281 g/mol. The minimum atomic E-state index is 0.634. The van der Waals surface area contributed by atoms with Gasteiger partial charge >= 0.3 is 0 Å². The van der Waals surface area contributed by atoms with Gasteiger partial charge in [0.1, 0.15) is 10.4 Å². The van der Waals surface area contributed by atoms with E-state index in [0.717, 1.165) is 22.9 Å². The fourth-order valence-corrected chi connectivity index (χ4v) is 3.39. The highest BCUT2D eigenvalue weighted by Crippen LogP contribution is 2.35. The van der Waals surface area contributed by atoms with Crippen molar-refractivity contribution in [2.24, 2.45) is 0 Å². The van der Waals surface area contributed by atoms with Crippen LogP contribution in [0.25, 0.3) is 5.70 Å². The number of aromatic nitrogens is 2. The summed E-state index contributed by atoms with van der Waals surface area (Å²) in [5.74, 6) is 1.07. The van der Waals surface area contributed by atoms with Crippen LogP contribution in [0.4, 0.5) is 0 Å². The second kappa shape index (κ2) is 3.70. The fraction of sp³-hybridized carbons (Fsp3) is 0.583. The molecule has 3 nitrogen and oxygen atoms in total. The number of fused-ring (bicyclic) bond motifs is 2. The molecule has 2 bridgehead atoms. The summed E-state index contributed by atoms with van der Waals surface area (Å²) in [7, 11) is 2.24. The molecule has 0 spiro atoms. The summed E-state index contributed by atoms with van der Waals surface area (Å²) in [6.07, 6.45) is 8.27. The third-order valence-corrected chi connectivity index (χ3v) is 4.27. The van der Waals surface area contributed by atoms with Crippen molar-refractivity contribution in [3.8, 4) is 0 Å². The lowest BCUT2D eigenvalue weighted by Crippen LogP contribution is -2.35. The first kappa shape index (κ1) is 10.5. The number of halogens is 1. The van der Waals surface area contributed by atoms with Gasteiger partial charge in [0.25, 0.3) is 0 Å². The van der Waals surface area contributed by atoms with Crippen LogP contribution in [0.2, 0.25) is 0 Å². The van der Waals surface area contributed by atoms with Crippen LogP contribution in [0.1, 0.15) is 25.1 Å². The lowest BCUT2D eigenvalue weighted by molar-refractivity contribution is 0.261. The Morgan fingerprint density at radius 3 is 2.88 bits per heavy atom. The molecule has 16 heavy (non-hydrogen) atoms. The molecule has 1 aromatic heterocycles. The molecule has 3 rings (SSSR count). The minimum Gasteiger partial charge on any atom is -0.307 e. The predicted octanol–water partition coefficient (Wildman–Crippen LogP) is 2.66. The van der Waals surface area contributed by atoms with Gasteiger partial charge in [-0.05, 0) is 48.8 Å². The van der Waals surface area contributed by atoms with Gasteiger partial charge < -0.3 is 4.57 Å². The maximum Gasteiger partial charge on any atom is 0.124 e. The van der Waals surface area contributed by atoms with Crippen LogP contribution >= 0.6 is 15.9 Å². The predicted molar refractivity (Wildman–Crippen MR) is 68.1 cm³/mol. The highest BCUT2D eigenvalue weighted by Gasteiger charge is 2.34. The molecule has 3 heterocycles. The summed E-state index contributed by atoms with van der Waals surface area (Å²) >= 11 is 3.44. The number of hydrogen-bond acceptors (Lipinski definition) is 2. The smallest absolute Gasteiger partial charge is 0.124 e. The zero-order chi connectivity index (χ0) is 11.3. The van der Waals surface area contributed by atoms with Crippen LogP contribution in [0, 0.1) is 6.92 Å². The molecular weight excluding hydrogens is 266 g/mol. The fourth-order valence-electron chi connectivity index (χ4n) is 2.93. The van der Waals surface area contributed by atoms with Gasteiger partial charge in [0, 0.05) is 30.4 Å². The first-order valence-corrected chi connectivity index (χ1v) is 6.59. The summed E-state index contributed by atoms with van der Waals surface area (Å²) in [4.78, 5) is 6.91. The standard InChI is InChI=1S/C12H16BrN3/c1-8-14-12(13)7-16(8)11-5-9-3-4-10(6-11)15(9)2/h5,7,9-10H,3-4,6H2,1-2H3.